The van der Waals surface area contributed by atoms with Gasteiger partial charge in [-0.05, 0) is 5.92 Å². The van der Waals surface area contributed by atoms with Gasteiger partial charge in [0.2, 0.25) is 17.7 Å². The van der Waals surface area contributed by atoms with Crippen molar-refractivity contribution in [2.45, 2.75) is 38.8 Å². The highest BCUT2D eigenvalue weighted by molar-refractivity contribution is 5.94. The third kappa shape index (κ3) is 8.65. The number of nitrogens with one attached hydrogen (secondary N) is 3. The highest BCUT2D eigenvalue weighted by atomic mass is 16.4. The lowest BCUT2D eigenvalue weighted by molar-refractivity contribution is -0.144. The van der Waals surface area contributed by atoms with Crippen LogP contribution in [0.25, 0.3) is 0 Å². The summed E-state index contributed by atoms with van der Waals surface area (Å²) in [6.45, 7) is 2.53. The molecule has 0 aliphatic rings. The summed E-state index contributed by atoms with van der Waals surface area (Å²) < 4.78 is 0. The van der Waals surface area contributed by atoms with Gasteiger partial charge in [0.15, 0.2) is 0 Å². The molecular weight excluding hydrogens is 336 g/mol. The molecule has 3 atom stereocenters. The second-order valence-electron chi connectivity index (χ2n) is 5.41. The summed E-state index contributed by atoms with van der Waals surface area (Å²) in [5, 5.41) is 24.6. The summed E-state index contributed by atoms with van der Waals surface area (Å²) in [5.74, 6) is -5.36. The third-order valence-electron chi connectivity index (χ3n) is 3.44. The van der Waals surface area contributed by atoms with Crippen LogP contribution >= 0.6 is 0 Å². The van der Waals surface area contributed by atoms with Gasteiger partial charge in [0.25, 0.3) is 0 Å². The number of nitrogens with two attached hydrogens (primary N) is 1. The fourth-order valence-electron chi connectivity index (χ4n) is 1.82. The van der Waals surface area contributed by atoms with Gasteiger partial charge in [0.05, 0.1) is 19.5 Å². The molecule has 25 heavy (non-hydrogen) atoms. The number of carbonyl (C=O) groups is 5. The number of carbonyl (C=O) groups excluding carboxylic acids is 3. The molecular formula is C14H24N4O7. The van der Waals surface area contributed by atoms with Crippen molar-refractivity contribution in [1.29, 1.82) is 0 Å². The molecule has 11 heteroatoms. The molecule has 0 saturated heterocycles. The van der Waals surface area contributed by atoms with Gasteiger partial charge in [-0.25, -0.2) is 4.79 Å². The zero-order valence-electron chi connectivity index (χ0n) is 14.1. The van der Waals surface area contributed by atoms with Gasteiger partial charge in [-0.3, -0.25) is 19.2 Å². The Balaban J connectivity index is 4.96. The van der Waals surface area contributed by atoms with Crippen molar-refractivity contribution in [2.75, 3.05) is 13.1 Å². The summed E-state index contributed by atoms with van der Waals surface area (Å²) in [6.07, 6.45) is -0.270. The fourth-order valence-corrected chi connectivity index (χ4v) is 1.82. The van der Waals surface area contributed by atoms with Crippen LogP contribution in [0.1, 0.15) is 26.7 Å². The highest BCUT2D eigenvalue weighted by Crippen LogP contribution is 2.08. The molecule has 0 fully saturated rings. The molecule has 0 heterocycles. The zero-order valence-corrected chi connectivity index (χ0v) is 14.1. The van der Waals surface area contributed by atoms with E-state index in [2.05, 4.69) is 16.0 Å². The minimum Gasteiger partial charge on any atom is -0.481 e. The van der Waals surface area contributed by atoms with Crippen LogP contribution in [0.15, 0.2) is 0 Å². The number of rotatable bonds is 11. The van der Waals surface area contributed by atoms with Crippen molar-refractivity contribution in [2.24, 2.45) is 11.7 Å². The van der Waals surface area contributed by atoms with E-state index in [1.807, 2.05) is 0 Å². The smallest absolute Gasteiger partial charge is 0.326 e. The van der Waals surface area contributed by atoms with Crippen molar-refractivity contribution >= 4 is 29.7 Å². The van der Waals surface area contributed by atoms with Crippen molar-refractivity contribution in [3.05, 3.63) is 0 Å². The first-order valence-corrected chi connectivity index (χ1v) is 7.63. The minimum absolute atomic E-state index is 0.332. The van der Waals surface area contributed by atoms with Crippen LogP contribution in [0.5, 0.6) is 0 Å². The first kappa shape index (κ1) is 22.3. The maximum Gasteiger partial charge on any atom is 0.326 e. The van der Waals surface area contributed by atoms with E-state index >= 15 is 0 Å². The molecule has 0 aromatic carbocycles. The van der Waals surface area contributed by atoms with Gasteiger partial charge in [0.1, 0.15) is 12.1 Å². The van der Waals surface area contributed by atoms with Crippen molar-refractivity contribution < 1.29 is 34.2 Å². The number of hydrogen-bond acceptors (Lipinski definition) is 6. The molecule has 0 bridgehead atoms. The molecule has 0 aliphatic heterocycles. The Labute approximate surface area is 144 Å². The standard InChI is InChI=1S/C14H24N4O7/c1-3-7(2)12(14(24)25)18-13(23)8(4-11(21)22)17-10(20)6-16-9(19)5-15/h7-8,12H,3-6,15H2,1-2H3,(H,16,19)(H,17,20)(H,18,23)(H,21,22)(H,24,25). The number of aliphatic carboxylic acids is 2. The largest absolute Gasteiger partial charge is 0.481 e. The van der Waals surface area contributed by atoms with Gasteiger partial charge >= 0.3 is 11.9 Å². The van der Waals surface area contributed by atoms with Crippen LogP contribution in [-0.2, 0) is 24.0 Å². The van der Waals surface area contributed by atoms with E-state index in [1.165, 1.54) is 0 Å². The van der Waals surface area contributed by atoms with Gasteiger partial charge < -0.3 is 31.9 Å². The van der Waals surface area contributed by atoms with Gasteiger partial charge in [-0.2, -0.15) is 0 Å². The van der Waals surface area contributed by atoms with Crippen LogP contribution in [-0.4, -0.2) is 65.0 Å². The van der Waals surface area contributed by atoms with Crippen LogP contribution in [0.4, 0.5) is 0 Å². The quantitative estimate of drug-likeness (QED) is 0.236. The summed E-state index contributed by atoms with van der Waals surface area (Å²) in [6, 6.07) is -2.70. The van der Waals surface area contributed by atoms with Gasteiger partial charge in [-0.1, -0.05) is 20.3 Å². The fraction of sp³-hybridized carbons (Fsp3) is 0.643. The molecule has 3 unspecified atom stereocenters. The molecule has 0 saturated carbocycles. The Kier molecular flexibility index (Phi) is 9.79. The molecule has 0 aromatic heterocycles. The second kappa shape index (κ2) is 11.0. The summed E-state index contributed by atoms with van der Waals surface area (Å²) >= 11 is 0. The number of amides is 3. The monoisotopic (exact) mass is 360 g/mol. The lowest BCUT2D eigenvalue weighted by atomic mass is 9.98. The molecule has 0 aliphatic carbocycles. The lowest BCUT2D eigenvalue weighted by Crippen LogP contribution is -2.55. The van der Waals surface area contributed by atoms with Gasteiger partial charge in [0, 0.05) is 0 Å². The highest BCUT2D eigenvalue weighted by Gasteiger charge is 2.30. The number of carboxylic acids is 2. The summed E-state index contributed by atoms with van der Waals surface area (Å²) in [7, 11) is 0. The average molecular weight is 360 g/mol. The first-order chi connectivity index (χ1) is 11.6. The minimum atomic E-state index is -1.48. The number of carboxylic acid groups (broad SMARTS) is 2. The van der Waals surface area contributed by atoms with E-state index in [-0.39, 0.29) is 6.54 Å². The van der Waals surface area contributed by atoms with Crippen LogP contribution in [0.3, 0.4) is 0 Å². The van der Waals surface area contributed by atoms with Crippen molar-refractivity contribution in [3.8, 4) is 0 Å². The predicted molar refractivity (Wildman–Crippen MR) is 85.3 cm³/mol. The van der Waals surface area contributed by atoms with E-state index < -0.39 is 60.6 Å². The van der Waals surface area contributed by atoms with E-state index in [0.717, 1.165) is 0 Å². The predicted octanol–water partition coefficient (Wildman–Crippen LogP) is -2.36. The third-order valence-corrected chi connectivity index (χ3v) is 3.44. The first-order valence-electron chi connectivity index (χ1n) is 7.63. The van der Waals surface area contributed by atoms with Crippen molar-refractivity contribution in [3.63, 3.8) is 0 Å². The lowest BCUT2D eigenvalue weighted by Gasteiger charge is -2.23. The Bertz CT molecular complexity index is 523. The van der Waals surface area contributed by atoms with E-state index in [0.29, 0.717) is 6.42 Å². The molecule has 0 rings (SSSR count). The van der Waals surface area contributed by atoms with Crippen molar-refractivity contribution in [1.82, 2.24) is 16.0 Å². The number of hydrogen-bond donors (Lipinski definition) is 6. The average Bonchev–Trinajstić information content (AvgIpc) is 2.55. The molecule has 11 nitrogen and oxygen atoms in total. The van der Waals surface area contributed by atoms with E-state index in [1.54, 1.807) is 13.8 Å². The zero-order chi connectivity index (χ0) is 19.6. The maximum atomic E-state index is 12.2. The van der Waals surface area contributed by atoms with E-state index in [9.17, 15) is 24.0 Å². The molecule has 0 aromatic rings. The van der Waals surface area contributed by atoms with Gasteiger partial charge in [-0.15, -0.1) is 0 Å². The summed E-state index contributed by atoms with van der Waals surface area (Å²) in [4.78, 5) is 57.0. The Morgan fingerprint density at radius 2 is 1.64 bits per heavy atom. The molecule has 142 valence electrons. The summed E-state index contributed by atoms with van der Waals surface area (Å²) in [5.41, 5.74) is 5.06. The molecule has 7 N–H and O–H groups in total. The maximum absolute atomic E-state index is 12.2. The Morgan fingerprint density at radius 1 is 1.04 bits per heavy atom. The van der Waals surface area contributed by atoms with Crippen LogP contribution in [0.2, 0.25) is 0 Å². The normalized spacial score (nSPS) is 13.9. The Morgan fingerprint density at radius 3 is 2.08 bits per heavy atom. The van der Waals surface area contributed by atoms with Crippen LogP contribution < -0.4 is 21.7 Å². The Hall–Kier alpha value is -2.69. The molecule has 0 spiro atoms. The molecule has 0 radical (unpaired) electrons. The molecule has 3 amide bonds. The van der Waals surface area contributed by atoms with Crippen LogP contribution in [0, 0.1) is 5.92 Å². The SMILES string of the molecule is CCC(C)C(NC(=O)C(CC(=O)O)NC(=O)CNC(=O)CN)C(=O)O. The second-order valence-corrected chi connectivity index (χ2v) is 5.41. The van der Waals surface area contributed by atoms with E-state index in [4.69, 9.17) is 15.9 Å². The topological polar surface area (TPSA) is 188 Å².